The molecule has 0 saturated carbocycles. The van der Waals surface area contributed by atoms with Crippen LogP contribution in [0.1, 0.15) is 12.6 Å². The highest BCUT2D eigenvalue weighted by Crippen LogP contribution is 2.30. The van der Waals surface area contributed by atoms with Crippen LogP contribution in [0.15, 0.2) is 54.1 Å². The Morgan fingerprint density at radius 3 is 2.96 bits per heavy atom. The molecule has 0 saturated heterocycles. The highest BCUT2D eigenvalue weighted by atomic mass is 32.1. The predicted molar refractivity (Wildman–Crippen MR) is 98.6 cm³/mol. The second-order valence-electron chi connectivity index (χ2n) is 4.98. The smallest absolute Gasteiger partial charge is 0.140 e. The normalized spacial score (nSPS) is 11.1. The predicted octanol–water partition coefficient (Wildman–Crippen LogP) is 3.65. The van der Waals surface area contributed by atoms with Crippen LogP contribution in [0.3, 0.4) is 0 Å². The molecule has 0 amide bonds. The van der Waals surface area contributed by atoms with Crippen LogP contribution in [-0.2, 0) is 9.57 Å². The number of rotatable bonds is 8. The van der Waals surface area contributed by atoms with Crippen LogP contribution < -0.4 is 0 Å². The van der Waals surface area contributed by atoms with Gasteiger partial charge in [0, 0.05) is 30.8 Å². The first-order chi connectivity index (χ1) is 12.4. The Hall–Kier alpha value is -2.64. The Bertz CT molecular complexity index is 821. The van der Waals surface area contributed by atoms with Crippen molar-refractivity contribution in [3.8, 4) is 21.1 Å². The Balaban J connectivity index is 1.67. The minimum absolute atomic E-state index is 0.424. The zero-order valence-electron chi connectivity index (χ0n) is 13.8. The van der Waals surface area contributed by atoms with Crippen molar-refractivity contribution in [3.05, 3.63) is 54.6 Å². The number of pyridine rings is 2. The number of hydrogen-bond acceptors (Lipinski definition) is 7. The number of aromatic nitrogens is 3. The highest BCUT2D eigenvalue weighted by Gasteiger charge is 2.08. The molecular formula is C18H18N4O2S. The molecule has 3 rings (SSSR count). The van der Waals surface area contributed by atoms with E-state index < -0.39 is 0 Å². The third kappa shape index (κ3) is 4.91. The molecule has 0 N–H and O–H groups in total. The number of nitrogens with zero attached hydrogens (tertiary/aromatic N) is 4. The first-order valence-electron chi connectivity index (χ1n) is 7.93. The third-order valence-corrected chi connectivity index (χ3v) is 4.29. The lowest BCUT2D eigenvalue weighted by Gasteiger charge is -2.00. The monoisotopic (exact) mass is 354 g/mol. The number of hydrogen-bond donors (Lipinski definition) is 0. The summed E-state index contributed by atoms with van der Waals surface area (Å²) in [4.78, 5) is 19.3. The molecule has 0 aromatic carbocycles. The van der Waals surface area contributed by atoms with Crippen molar-refractivity contribution in [2.75, 3.05) is 19.8 Å². The van der Waals surface area contributed by atoms with Crippen molar-refractivity contribution in [1.29, 1.82) is 0 Å². The van der Waals surface area contributed by atoms with E-state index in [4.69, 9.17) is 9.57 Å². The average molecular weight is 354 g/mol. The van der Waals surface area contributed by atoms with Crippen LogP contribution in [0.25, 0.3) is 21.1 Å². The largest absolute Gasteiger partial charge is 0.393 e. The number of thiazole rings is 1. The van der Waals surface area contributed by atoms with Gasteiger partial charge in [-0.2, -0.15) is 0 Å². The van der Waals surface area contributed by atoms with Gasteiger partial charge in [0.2, 0.25) is 0 Å². The Morgan fingerprint density at radius 2 is 2.12 bits per heavy atom. The average Bonchev–Trinajstić information content (AvgIpc) is 3.16. The molecule has 0 aliphatic rings. The SMILES string of the molecule is CCOCCO/N=C/c1cccc(-c2cnc(-c3cccnc3)s2)n1. The molecule has 0 fully saturated rings. The molecule has 3 aromatic rings. The van der Waals surface area contributed by atoms with Crippen LogP contribution in [-0.4, -0.2) is 41.0 Å². The van der Waals surface area contributed by atoms with E-state index in [1.54, 1.807) is 29.9 Å². The Kier molecular flexibility index (Phi) is 6.19. The summed E-state index contributed by atoms with van der Waals surface area (Å²) < 4.78 is 5.18. The second kappa shape index (κ2) is 9.00. The van der Waals surface area contributed by atoms with Gasteiger partial charge in [0.15, 0.2) is 0 Å². The maximum absolute atomic E-state index is 5.18. The standard InChI is InChI=1S/C18H18N4O2S/c1-2-23-9-10-24-21-12-15-6-3-7-16(22-15)17-13-20-18(25-17)14-5-4-8-19-11-14/h3-8,11-13H,2,9-10H2,1H3/b21-12+. The second-order valence-corrected chi connectivity index (χ2v) is 6.01. The topological polar surface area (TPSA) is 69.5 Å². The molecule has 0 radical (unpaired) electrons. The summed E-state index contributed by atoms with van der Waals surface area (Å²) in [5.41, 5.74) is 2.58. The zero-order valence-corrected chi connectivity index (χ0v) is 14.6. The summed E-state index contributed by atoms with van der Waals surface area (Å²) >= 11 is 1.58. The van der Waals surface area contributed by atoms with E-state index in [9.17, 15) is 0 Å². The van der Waals surface area contributed by atoms with E-state index >= 15 is 0 Å². The van der Waals surface area contributed by atoms with Gasteiger partial charge in [-0.15, -0.1) is 11.3 Å². The van der Waals surface area contributed by atoms with Crippen molar-refractivity contribution in [1.82, 2.24) is 15.0 Å². The van der Waals surface area contributed by atoms with Gasteiger partial charge in [0.25, 0.3) is 0 Å². The van der Waals surface area contributed by atoms with Gasteiger partial charge in [-0.3, -0.25) is 4.98 Å². The van der Waals surface area contributed by atoms with E-state index in [-0.39, 0.29) is 0 Å². The van der Waals surface area contributed by atoms with Gasteiger partial charge in [-0.05, 0) is 31.2 Å². The van der Waals surface area contributed by atoms with E-state index in [2.05, 4.69) is 20.1 Å². The molecular weight excluding hydrogens is 336 g/mol. The molecule has 0 bridgehead atoms. The van der Waals surface area contributed by atoms with Gasteiger partial charge in [0.1, 0.15) is 11.6 Å². The first kappa shape index (κ1) is 17.2. The Morgan fingerprint density at radius 1 is 1.16 bits per heavy atom. The van der Waals surface area contributed by atoms with E-state index in [0.717, 1.165) is 26.8 Å². The molecule has 0 unspecified atom stereocenters. The highest BCUT2D eigenvalue weighted by molar-refractivity contribution is 7.18. The molecule has 3 aromatic heterocycles. The summed E-state index contributed by atoms with van der Waals surface area (Å²) in [7, 11) is 0. The maximum atomic E-state index is 5.18. The van der Waals surface area contributed by atoms with Gasteiger partial charge in [-0.1, -0.05) is 11.2 Å². The van der Waals surface area contributed by atoms with Crippen molar-refractivity contribution in [2.45, 2.75) is 6.92 Å². The van der Waals surface area contributed by atoms with Crippen molar-refractivity contribution < 1.29 is 9.57 Å². The van der Waals surface area contributed by atoms with Crippen molar-refractivity contribution in [3.63, 3.8) is 0 Å². The van der Waals surface area contributed by atoms with Crippen molar-refractivity contribution >= 4 is 17.6 Å². The molecule has 128 valence electrons. The molecule has 0 atom stereocenters. The third-order valence-electron chi connectivity index (χ3n) is 3.22. The molecule has 3 heterocycles. The van der Waals surface area contributed by atoms with Crippen LogP contribution in [0.2, 0.25) is 0 Å². The maximum Gasteiger partial charge on any atom is 0.140 e. The molecule has 0 aliphatic heterocycles. The fraction of sp³-hybridized carbons (Fsp3) is 0.222. The lowest BCUT2D eigenvalue weighted by Crippen LogP contribution is -2.00. The summed E-state index contributed by atoms with van der Waals surface area (Å²) in [6, 6.07) is 9.66. The van der Waals surface area contributed by atoms with Crippen LogP contribution in [0, 0.1) is 0 Å². The van der Waals surface area contributed by atoms with E-state index in [1.807, 2.05) is 43.5 Å². The minimum atomic E-state index is 0.424. The van der Waals surface area contributed by atoms with Gasteiger partial charge in [-0.25, -0.2) is 9.97 Å². The fourth-order valence-corrected chi connectivity index (χ4v) is 2.94. The first-order valence-corrected chi connectivity index (χ1v) is 8.75. The van der Waals surface area contributed by atoms with Crippen LogP contribution >= 0.6 is 11.3 Å². The van der Waals surface area contributed by atoms with E-state index in [0.29, 0.717) is 19.8 Å². The number of oxime groups is 1. The van der Waals surface area contributed by atoms with Gasteiger partial charge < -0.3 is 9.57 Å². The minimum Gasteiger partial charge on any atom is -0.393 e. The summed E-state index contributed by atoms with van der Waals surface area (Å²) in [6.07, 6.45) is 6.98. The summed E-state index contributed by atoms with van der Waals surface area (Å²) in [6.45, 7) is 3.57. The lowest BCUT2D eigenvalue weighted by atomic mass is 10.3. The van der Waals surface area contributed by atoms with Gasteiger partial charge in [0.05, 0.1) is 29.1 Å². The van der Waals surface area contributed by atoms with Crippen LogP contribution in [0.5, 0.6) is 0 Å². The van der Waals surface area contributed by atoms with Gasteiger partial charge >= 0.3 is 0 Å². The molecule has 6 nitrogen and oxygen atoms in total. The lowest BCUT2D eigenvalue weighted by molar-refractivity contribution is 0.0568. The van der Waals surface area contributed by atoms with Crippen LogP contribution in [0.4, 0.5) is 0 Å². The molecule has 0 spiro atoms. The Labute approximate surface area is 150 Å². The van der Waals surface area contributed by atoms with Crippen molar-refractivity contribution in [2.24, 2.45) is 5.16 Å². The molecule has 25 heavy (non-hydrogen) atoms. The fourth-order valence-electron chi connectivity index (χ4n) is 2.06. The molecule has 7 heteroatoms. The number of ether oxygens (including phenoxy) is 1. The van der Waals surface area contributed by atoms with E-state index in [1.165, 1.54) is 0 Å². The summed E-state index contributed by atoms with van der Waals surface area (Å²) in [5.74, 6) is 0. The zero-order chi connectivity index (χ0) is 17.3. The summed E-state index contributed by atoms with van der Waals surface area (Å²) in [5, 5.41) is 4.83. The molecule has 0 aliphatic carbocycles. The quantitative estimate of drug-likeness (QED) is 0.351.